The van der Waals surface area contributed by atoms with Crippen LogP contribution in [0.2, 0.25) is 0 Å². The zero-order valence-electron chi connectivity index (χ0n) is 3.53. The van der Waals surface area contributed by atoms with E-state index in [1.807, 2.05) is 0 Å². The first-order valence-electron chi connectivity index (χ1n) is 1.49. The monoisotopic (exact) mass is 142 g/mol. The molecule has 0 aromatic rings. The summed E-state index contributed by atoms with van der Waals surface area (Å²) in [5.74, 6) is 0. The largest absolute Gasteiger partial charge is 0.424 e. The molecule has 0 aromatic carbocycles. The molecule has 0 aliphatic rings. The van der Waals surface area contributed by atoms with E-state index < -0.39 is 12.1 Å². The fourth-order valence-electron chi connectivity index (χ4n) is 0.0868. The normalized spacial score (nSPS) is 7.88. The third-order valence-corrected chi connectivity index (χ3v) is 0.396. The molecule has 0 rings (SSSR count). The second-order valence-electron chi connectivity index (χ2n) is 0.748. The second kappa shape index (κ2) is 3.43. The number of ether oxygens (including phenoxy) is 1. The Morgan fingerprint density at radius 3 is 2.00 bits per heavy atom. The number of halogens is 3. The molecule has 0 atom stereocenters. The van der Waals surface area contributed by atoms with Crippen molar-refractivity contribution in [2.24, 2.45) is 0 Å². The van der Waals surface area contributed by atoms with Gasteiger partial charge in [0, 0.05) is 0 Å². The molecule has 0 heterocycles. The van der Waals surface area contributed by atoms with Crippen molar-refractivity contribution >= 4 is 17.8 Å². The molecule has 0 unspecified atom stereocenters. The first-order chi connectivity index (χ1) is 3.68. The summed E-state index contributed by atoms with van der Waals surface area (Å²) < 4.78 is 36.6. The van der Waals surface area contributed by atoms with Crippen molar-refractivity contribution in [1.29, 1.82) is 0 Å². The minimum atomic E-state index is -2.51. The van der Waals surface area contributed by atoms with Crippen LogP contribution < -0.4 is 0 Å². The molecule has 0 aliphatic carbocycles. The molecular formula is C3HF3OS. The fraction of sp³-hybridized carbons (Fsp3) is 0. The van der Waals surface area contributed by atoms with Crippen molar-refractivity contribution in [3.05, 3.63) is 12.1 Å². The van der Waals surface area contributed by atoms with Crippen LogP contribution in [0, 0.1) is 0 Å². The topological polar surface area (TPSA) is 9.23 Å². The number of rotatable bonds is 2. The van der Waals surface area contributed by atoms with Gasteiger partial charge in [-0.15, -0.1) is 0 Å². The molecule has 0 N–H and O–H groups in total. The van der Waals surface area contributed by atoms with Crippen LogP contribution in [0.5, 0.6) is 0 Å². The standard InChI is InChI=1S/C3HF3OS/c4-2(5)3(6)7-1-8/h1H. The van der Waals surface area contributed by atoms with E-state index in [9.17, 15) is 13.2 Å². The molecule has 5 heteroatoms. The van der Waals surface area contributed by atoms with Crippen LogP contribution in [0.15, 0.2) is 12.1 Å². The minimum absolute atomic E-state index is 0.411. The maximum atomic E-state index is 11.3. The average molecular weight is 142 g/mol. The highest BCUT2D eigenvalue weighted by Crippen LogP contribution is 2.08. The van der Waals surface area contributed by atoms with E-state index in [2.05, 4.69) is 17.0 Å². The summed E-state index contributed by atoms with van der Waals surface area (Å²) in [4.78, 5) is 0. The molecule has 0 saturated carbocycles. The Balaban J connectivity index is 3.79. The molecule has 0 aromatic heterocycles. The van der Waals surface area contributed by atoms with E-state index >= 15 is 0 Å². The molecule has 0 saturated heterocycles. The Morgan fingerprint density at radius 1 is 1.38 bits per heavy atom. The molecule has 0 aliphatic heterocycles. The molecule has 8 heavy (non-hydrogen) atoms. The lowest BCUT2D eigenvalue weighted by Gasteiger charge is -1.87. The van der Waals surface area contributed by atoms with Crippen LogP contribution in [-0.2, 0) is 4.74 Å². The second-order valence-corrected chi connectivity index (χ2v) is 0.941. The van der Waals surface area contributed by atoms with Gasteiger partial charge in [-0.25, -0.2) is 0 Å². The molecule has 46 valence electrons. The van der Waals surface area contributed by atoms with Crippen molar-refractivity contribution in [2.75, 3.05) is 0 Å². The molecule has 0 fully saturated rings. The fourth-order valence-corrected chi connectivity index (χ4v) is 0.171. The SMILES string of the molecule is FC(F)=C(F)OC=S. The van der Waals surface area contributed by atoms with Crippen molar-refractivity contribution in [3.63, 3.8) is 0 Å². The Morgan fingerprint density at radius 2 is 1.88 bits per heavy atom. The zero-order chi connectivity index (χ0) is 6.57. The summed E-state index contributed by atoms with van der Waals surface area (Å²) in [5, 5.41) is 0. The van der Waals surface area contributed by atoms with Crippen LogP contribution in [0.25, 0.3) is 0 Å². The van der Waals surface area contributed by atoms with Gasteiger partial charge in [0.15, 0.2) is 5.55 Å². The quantitative estimate of drug-likeness (QED) is 0.430. The summed E-state index contributed by atoms with van der Waals surface area (Å²) in [7, 11) is 0. The lowest BCUT2D eigenvalue weighted by molar-refractivity contribution is 0.244. The highest BCUT2D eigenvalue weighted by molar-refractivity contribution is 7.78. The van der Waals surface area contributed by atoms with Crippen molar-refractivity contribution in [2.45, 2.75) is 0 Å². The van der Waals surface area contributed by atoms with E-state index in [1.165, 1.54) is 0 Å². The number of thiocarbonyl (C=S) groups is 1. The van der Waals surface area contributed by atoms with Gasteiger partial charge in [-0.2, -0.15) is 13.2 Å². The maximum Gasteiger partial charge on any atom is 0.345 e. The third-order valence-electron chi connectivity index (χ3n) is 0.300. The van der Waals surface area contributed by atoms with Gasteiger partial charge in [-0.3, -0.25) is 0 Å². The number of hydrogen-bond acceptors (Lipinski definition) is 2. The number of hydrogen-bond donors (Lipinski definition) is 0. The predicted octanol–water partition coefficient (Wildman–Crippen LogP) is 2.00. The van der Waals surface area contributed by atoms with Gasteiger partial charge in [-0.1, -0.05) is 0 Å². The van der Waals surface area contributed by atoms with Crippen molar-refractivity contribution in [3.8, 4) is 0 Å². The van der Waals surface area contributed by atoms with Crippen LogP contribution in [0.1, 0.15) is 0 Å². The van der Waals surface area contributed by atoms with Gasteiger partial charge < -0.3 is 4.74 Å². The Hall–Kier alpha value is -0.580. The van der Waals surface area contributed by atoms with E-state index in [1.54, 1.807) is 0 Å². The molecule has 0 bridgehead atoms. The summed E-state index contributed by atoms with van der Waals surface area (Å²) in [6, 6.07) is -1.94. The van der Waals surface area contributed by atoms with Gasteiger partial charge in [0.1, 0.15) is 0 Å². The smallest absolute Gasteiger partial charge is 0.345 e. The van der Waals surface area contributed by atoms with Gasteiger partial charge >= 0.3 is 12.1 Å². The lowest BCUT2D eigenvalue weighted by atomic mass is 11.0. The van der Waals surface area contributed by atoms with Gasteiger partial charge in [0.2, 0.25) is 0 Å². The molecule has 0 amide bonds. The van der Waals surface area contributed by atoms with Crippen LogP contribution in [-0.4, -0.2) is 5.55 Å². The Labute approximate surface area is 48.7 Å². The molecule has 0 spiro atoms. The van der Waals surface area contributed by atoms with E-state index in [4.69, 9.17) is 0 Å². The van der Waals surface area contributed by atoms with Gasteiger partial charge in [0.05, 0.1) is 0 Å². The first-order valence-corrected chi connectivity index (χ1v) is 1.96. The third kappa shape index (κ3) is 2.57. The predicted molar refractivity (Wildman–Crippen MR) is 25.1 cm³/mol. The van der Waals surface area contributed by atoms with E-state index in [0.29, 0.717) is 5.55 Å². The van der Waals surface area contributed by atoms with Crippen molar-refractivity contribution in [1.82, 2.24) is 0 Å². The average Bonchev–Trinajstić information content (AvgIpc) is 1.67. The first kappa shape index (κ1) is 7.42. The highest BCUT2D eigenvalue weighted by Gasteiger charge is 2.02. The minimum Gasteiger partial charge on any atom is -0.424 e. The summed E-state index contributed by atoms with van der Waals surface area (Å²) >= 11 is 3.89. The van der Waals surface area contributed by atoms with E-state index in [-0.39, 0.29) is 0 Å². The maximum absolute atomic E-state index is 11.3. The summed E-state index contributed by atoms with van der Waals surface area (Å²) in [6.07, 6.45) is -2.51. The van der Waals surface area contributed by atoms with Crippen LogP contribution >= 0.6 is 12.2 Å². The summed E-state index contributed by atoms with van der Waals surface area (Å²) in [6.45, 7) is 0. The Bertz CT molecular complexity index is 118. The zero-order valence-corrected chi connectivity index (χ0v) is 4.34. The Kier molecular flexibility index (Phi) is 3.18. The van der Waals surface area contributed by atoms with E-state index in [0.717, 1.165) is 0 Å². The molecule has 0 radical (unpaired) electrons. The van der Waals surface area contributed by atoms with Gasteiger partial charge in [-0.05, 0) is 12.2 Å². The van der Waals surface area contributed by atoms with Crippen LogP contribution in [0.4, 0.5) is 13.2 Å². The van der Waals surface area contributed by atoms with Gasteiger partial charge in [0.25, 0.3) is 0 Å². The van der Waals surface area contributed by atoms with Crippen LogP contribution in [0.3, 0.4) is 0 Å². The van der Waals surface area contributed by atoms with Crippen molar-refractivity contribution < 1.29 is 17.9 Å². The lowest BCUT2D eigenvalue weighted by Crippen LogP contribution is -1.80. The molecular weight excluding hydrogens is 141 g/mol. The highest BCUT2D eigenvalue weighted by atomic mass is 32.1. The summed E-state index contributed by atoms with van der Waals surface area (Å²) in [5.41, 5.74) is 0.411. The molecule has 1 nitrogen and oxygen atoms in total.